The van der Waals surface area contributed by atoms with E-state index in [-0.39, 0.29) is 17.6 Å². The highest BCUT2D eigenvalue weighted by molar-refractivity contribution is 5.85. The largest absolute Gasteiger partial charge is 0.506 e. The number of amides is 1. The number of fused-ring (bicyclic) bond motifs is 1. The minimum absolute atomic E-state index is 0.0278. The van der Waals surface area contributed by atoms with Gasteiger partial charge in [-0.3, -0.25) is 9.69 Å². The van der Waals surface area contributed by atoms with E-state index in [1.165, 1.54) is 31.4 Å². The number of para-hydroxylation sites is 1. The summed E-state index contributed by atoms with van der Waals surface area (Å²) < 4.78 is 0. The predicted molar refractivity (Wildman–Crippen MR) is 140 cm³/mol. The fraction of sp³-hybridized carbons (Fsp3) is 0.448. The summed E-state index contributed by atoms with van der Waals surface area (Å²) >= 11 is 0. The van der Waals surface area contributed by atoms with E-state index < -0.39 is 0 Å². The molecule has 35 heavy (non-hydrogen) atoms. The molecular weight excluding hydrogens is 436 g/mol. The van der Waals surface area contributed by atoms with Crippen LogP contribution in [-0.4, -0.2) is 46.6 Å². The van der Waals surface area contributed by atoms with Crippen molar-refractivity contribution in [3.63, 3.8) is 0 Å². The minimum atomic E-state index is 0.0278. The van der Waals surface area contributed by atoms with Crippen LogP contribution in [-0.2, 0) is 17.9 Å². The first-order valence-electron chi connectivity index (χ1n) is 13.0. The average molecular weight is 473 g/mol. The molecule has 1 unspecified atom stereocenters. The Hall–Kier alpha value is -3.12. The van der Waals surface area contributed by atoms with E-state index in [2.05, 4.69) is 51.3 Å². The van der Waals surface area contributed by atoms with Gasteiger partial charge in [-0.05, 0) is 68.5 Å². The Morgan fingerprint density at radius 1 is 0.971 bits per heavy atom. The first-order valence-corrected chi connectivity index (χ1v) is 13.0. The Balaban J connectivity index is 1.10. The summed E-state index contributed by atoms with van der Waals surface area (Å²) in [5.41, 5.74) is 3.12. The molecule has 1 atom stereocenters. The summed E-state index contributed by atoms with van der Waals surface area (Å²) in [5.74, 6) is 1.23. The summed E-state index contributed by atoms with van der Waals surface area (Å²) in [7, 11) is 0. The molecule has 2 aliphatic rings. The molecule has 6 heteroatoms. The Bertz CT molecular complexity index is 1160. The molecule has 184 valence electrons. The third-order valence-electron chi connectivity index (χ3n) is 7.69. The van der Waals surface area contributed by atoms with E-state index in [1.54, 1.807) is 6.07 Å². The predicted octanol–water partition coefficient (Wildman–Crippen LogP) is 4.85. The van der Waals surface area contributed by atoms with Gasteiger partial charge in [-0.25, -0.2) is 4.98 Å². The lowest BCUT2D eigenvalue weighted by Gasteiger charge is -2.33. The van der Waals surface area contributed by atoms with Crippen molar-refractivity contribution in [3.8, 4) is 5.75 Å². The van der Waals surface area contributed by atoms with E-state index in [1.807, 2.05) is 24.3 Å². The fourth-order valence-electron chi connectivity index (χ4n) is 5.39. The second-order valence-electron chi connectivity index (χ2n) is 10.1. The maximum absolute atomic E-state index is 12.8. The number of phenolic OH excluding ortho intramolecular Hbond substituents is 1. The van der Waals surface area contributed by atoms with Gasteiger partial charge in [-0.1, -0.05) is 42.8 Å². The van der Waals surface area contributed by atoms with E-state index >= 15 is 0 Å². The van der Waals surface area contributed by atoms with Crippen molar-refractivity contribution >= 4 is 22.6 Å². The van der Waals surface area contributed by atoms with Gasteiger partial charge in [-0.15, -0.1) is 0 Å². The van der Waals surface area contributed by atoms with Crippen molar-refractivity contribution in [2.75, 3.05) is 24.5 Å². The SMILES string of the molecule is CC1CCCCN1Cc1ccc(CNC(=O)C2CCN(c3ccc4cccc(O)c4n3)CC2)cc1. The Morgan fingerprint density at radius 3 is 2.51 bits per heavy atom. The zero-order valence-corrected chi connectivity index (χ0v) is 20.6. The fourth-order valence-corrected chi connectivity index (χ4v) is 5.39. The van der Waals surface area contributed by atoms with E-state index in [4.69, 9.17) is 0 Å². The van der Waals surface area contributed by atoms with Gasteiger partial charge >= 0.3 is 0 Å². The van der Waals surface area contributed by atoms with Crippen LogP contribution in [0.1, 0.15) is 50.2 Å². The standard InChI is InChI=1S/C29H36N4O2/c1-21-5-2-3-16-33(21)20-23-10-8-22(9-11-23)19-30-29(35)25-14-17-32(18-15-25)27-13-12-24-6-4-7-26(34)28(24)31-27/h4,6-13,21,25,34H,2-3,5,14-20H2,1H3,(H,30,35). The molecule has 2 aliphatic heterocycles. The van der Waals surface area contributed by atoms with E-state index in [0.29, 0.717) is 18.1 Å². The molecule has 0 bridgehead atoms. The van der Waals surface area contributed by atoms with Crippen LogP contribution in [0.5, 0.6) is 5.75 Å². The Kier molecular flexibility index (Phi) is 7.19. The molecule has 0 aliphatic carbocycles. The normalized spacial score (nSPS) is 19.7. The number of aromatic hydroxyl groups is 1. The van der Waals surface area contributed by atoms with Crippen LogP contribution in [0.3, 0.4) is 0 Å². The van der Waals surface area contributed by atoms with Crippen LogP contribution >= 0.6 is 0 Å². The van der Waals surface area contributed by atoms with E-state index in [9.17, 15) is 9.90 Å². The number of carbonyl (C=O) groups is 1. The van der Waals surface area contributed by atoms with Crippen LogP contribution in [0, 0.1) is 5.92 Å². The van der Waals surface area contributed by atoms with Crippen molar-refractivity contribution in [1.29, 1.82) is 0 Å². The number of aromatic nitrogens is 1. The number of piperidine rings is 2. The molecule has 0 saturated carbocycles. The summed E-state index contributed by atoms with van der Waals surface area (Å²) in [5, 5.41) is 14.2. The molecule has 0 radical (unpaired) electrons. The summed E-state index contributed by atoms with van der Waals surface area (Å²) in [6, 6.07) is 18.8. The van der Waals surface area contributed by atoms with Crippen LogP contribution < -0.4 is 10.2 Å². The summed E-state index contributed by atoms with van der Waals surface area (Å²) in [6.07, 6.45) is 5.56. The second kappa shape index (κ2) is 10.6. The van der Waals surface area contributed by atoms with Gasteiger partial charge in [-0.2, -0.15) is 0 Å². The Labute approximate surface area is 208 Å². The topological polar surface area (TPSA) is 68.7 Å². The number of nitrogens with one attached hydrogen (secondary N) is 1. The maximum Gasteiger partial charge on any atom is 0.223 e. The van der Waals surface area contributed by atoms with Gasteiger partial charge in [0.25, 0.3) is 0 Å². The third kappa shape index (κ3) is 5.59. The summed E-state index contributed by atoms with van der Waals surface area (Å²) in [4.78, 5) is 22.3. The molecule has 3 heterocycles. The van der Waals surface area contributed by atoms with E-state index in [0.717, 1.165) is 49.2 Å². The minimum Gasteiger partial charge on any atom is -0.506 e. The smallest absolute Gasteiger partial charge is 0.223 e. The van der Waals surface area contributed by atoms with Crippen LogP contribution in [0.15, 0.2) is 54.6 Å². The number of phenols is 1. The number of benzene rings is 2. The highest BCUT2D eigenvalue weighted by Crippen LogP contribution is 2.28. The van der Waals surface area contributed by atoms with Gasteiger partial charge in [0.2, 0.25) is 5.91 Å². The number of carbonyl (C=O) groups excluding carboxylic acids is 1. The third-order valence-corrected chi connectivity index (χ3v) is 7.69. The van der Waals surface area contributed by atoms with Crippen molar-refractivity contribution in [2.45, 2.75) is 58.2 Å². The highest BCUT2D eigenvalue weighted by Gasteiger charge is 2.25. The molecule has 2 saturated heterocycles. The van der Waals surface area contributed by atoms with Gasteiger partial charge in [0.05, 0.1) is 0 Å². The van der Waals surface area contributed by atoms with Gasteiger partial charge in [0.15, 0.2) is 0 Å². The zero-order valence-electron chi connectivity index (χ0n) is 20.6. The number of hydrogen-bond donors (Lipinski definition) is 2. The number of pyridine rings is 1. The maximum atomic E-state index is 12.8. The van der Waals surface area contributed by atoms with Gasteiger partial charge in [0, 0.05) is 43.5 Å². The highest BCUT2D eigenvalue weighted by atomic mass is 16.3. The molecule has 3 aromatic rings. The Morgan fingerprint density at radius 2 is 1.74 bits per heavy atom. The number of rotatable bonds is 6. The number of likely N-dealkylation sites (tertiary alicyclic amines) is 1. The van der Waals surface area contributed by atoms with Crippen molar-refractivity contribution in [2.24, 2.45) is 5.92 Å². The lowest BCUT2D eigenvalue weighted by atomic mass is 9.95. The first kappa shape index (κ1) is 23.6. The van der Waals surface area contributed by atoms with Crippen molar-refractivity contribution in [3.05, 3.63) is 65.7 Å². The molecule has 5 rings (SSSR count). The van der Waals surface area contributed by atoms with Gasteiger partial charge in [0.1, 0.15) is 17.1 Å². The number of anilines is 1. The molecular formula is C29H36N4O2. The molecule has 6 nitrogen and oxygen atoms in total. The van der Waals surface area contributed by atoms with Crippen LogP contribution in [0.4, 0.5) is 5.82 Å². The average Bonchev–Trinajstić information content (AvgIpc) is 2.89. The second-order valence-corrected chi connectivity index (χ2v) is 10.1. The van der Waals surface area contributed by atoms with Gasteiger partial charge < -0.3 is 15.3 Å². The lowest BCUT2D eigenvalue weighted by Crippen LogP contribution is -2.40. The summed E-state index contributed by atoms with van der Waals surface area (Å²) in [6.45, 7) is 6.68. The molecule has 1 aromatic heterocycles. The number of nitrogens with zero attached hydrogens (tertiary/aromatic N) is 3. The lowest BCUT2D eigenvalue weighted by molar-refractivity contribution is -0.125. The molecule has 2 fully saturated rings. The van der Waals surface area contributed by atoms with Crippen molar-refractivity contribution in [1.82, 2.24) is 15.2 Å². The first-order chi connectivity index (χ1) is 17.1. The quantitative estimate of drug-likeness (QED) is 0.537. The van der Waals surface area contributed by atoms with Crippen molar-refractivity contribution < 1.29 is 9.90 Å². The van der Waals surface area contributed by atoms with Crippen LogP contribution in [0.2, 0.25) is 0 Å². The number of hydrogen-bond acceptors (Lipinski definition) is 5. The molecule has 1 amide bonds. The molecule has 2 N–H and O–H groups in total. The monoisotopic (exact) mass is 472 g/mol. The molecule has 0 spiro atoms. The molecule has 2 aromatic carbocycles. The van der Waals surface area contributed by atoms with Crippen LogP contribution in [0.25, 0.3) is 10.9 Å². The zero-order chi connectivity index (χ0) is 24.2.